The summed E-state index contributed by atoms with van der Waals surface area (Å²) < 4.78 is 1.79. The van der Waals surface area contributed by atoms with Crippen molar-refractivity contribution < 1.29 is 9.59 Å². The van der Waals surface area contributed by atoms with Gasteiger partial charge in [-0.25, -0.2) is 0 Å². The van der Waals surface area contributed by atoms with Crippen molar-refractivity contribution >= 4 is 49.4 Å². The Kier molecular flexibility index (Phi) is 7.46. The van der Waals surface area contributed by atoms with Gasteiger partial charge in [-0.2, -0.15) is 0 Å². The third-order valence-corrected chi connectivity index (χ3v) is 5.52. The van der Waals surface area contributed by atoms with Gasteiger partial charge >= 0.3 is 0 Å². The number of halogens is 2. The first-order valence-corrected chi connectivity index (χ1v) is 10.2. The van der Waals surface area contributed by atoms with Crippen molar-refractivity contribution in [2.24, 2.45) is 5.92 Å². The number of anilines is 1. The molecule has 0 aromatic heterocycles. The molecule has 7 heteroatoms. The quantitative estimate of drug-likeness (QED) is 0.682. The van der Waals surface area contributed by atoms with Crippen LogP contribution in [-0.4, -0.2) is 41.9 Å². The van der Waals surface area contributed by atoms with Gasteiger partial charge in [-0.1, -0.05) is 29.8 Å². The molecule has 25 heavy (non-hydrogen) atoms. The minimum atomic E-state index is -0.298. The summed E-state index contributed by atoms with van der Waals surface area (Å²) in [5, 5.41) is 6.32. The number of carbonyl (C=O) groups excluding carboxylic acids is 2. The Morgan fingerprint density at radius 1 is 1.16 bits per heavy atom. The molecule has 0 saturated carbocycles. The van der Waals surface area contributed by atoms with E-state index in [4.69, 9.17) is 0 Å². The van der Waals surface area contributed by atoms with Crippen LogP contribution < -0.4 is 10.6 Å². The summed E-state index contributed by atoms with van der Waals surface area (Å²) in [7, 11) is 0. The molecule has 1 unspecified atom stereocenters. The molecule has 2 rings (SSSR count). The van der Waals surface area contributed by atoms with Crippen molar-refractivity contribution in [3.63, 3.8) is 0 Å². The fraction of sp³-hybridized carbons (Fsp3) is 0.556. The highest BCUT2D eigenvalue weighted by molar-refractivity contribution is 9.11. The van der Waals surface area contributed by atoms with Gasteiger partial charge in [0.25, 0.3) is 0 Å². The van der Waals surface area contributed by atoms with E-state index in [0.29, 0.717) is 0 Å². The fourth-order valence-corrected chi connectivity index (χ4v) is 4.04. The molecule has 1 atom stereocenters. The van der Waals surface area contributed by atoms with Crippen LogP contribution in [0.25, 0.3) is 0 Å². The molecule has 0 aliphatic carbocycles. The van der Waals surface area contributed by atoms with Crippen molar-refractivity contribution in [3.05, 3.63) is 27.1 Å². The highest BCUT2D eigenvalue weighted by atomic mass is 79.9. The molecule has 2 N–H and O–H groups in total. The second-order valence-corrected chi connectivity index (χ2v) is 8.53. The Morgan fingerprint density at radius 3 is 2.36 bits per heavy atom. The topological polar surface area (TPSA) is 61.4 Å². The van der Waals surface area contributed by atoms with Crippen LogP contribution in [0.1, 0.15) is 33.6 Å². The SMILES string of the molecule is CC(C)C(=O)N1CCC(NC(C)C(=O)Nc2ccc(Br)cc2Br)CC1. The van der Waals surface area contributed by atoms with Crippen LogP contribution in [0.3, 0.4) is 0 Å². The molecular weight excluding hydrogens is 450 g/mol. The van der Waals surface area contributed by atoms with Crippen molar-refractivity contribution in [1.82, 2.24) is 10.2 Å². The smallest absolute Gasteiger partial charge is 0.241 e. The molecule has 1 aromatic rings. The summed E-state index contributed by atoms with van der Waals surface area (Å²) in [5.74, 6) is 0.187. The maximum Gasteiger partial charge on any atom is 0.241 e. The van der Waals surface area contributed by atoms with E-state index in [1.54, 1.807) is 0 Å². The third kappa shape index (κ3) is 5.79. The maximum absolute atomic E-state index is 12.4. The van der Waals surface area contributed by atoms with E-state index in [1.165, 1.54) is 0 Å². The largest absolute Gasteiger partial charge is 0.342 e. The van der Waals surface area contributed by atoms with Crippen LogP contribution in [-0.2, 0) is 9.59 Å². The van der Waals surface area contributed by atoms with Crippen LogP contribution in [0.2, 0.25) is 0 Å². The number of hydrogen-bond acceptors (Lipinski definition) is 3. The number of amides is 2. The van der Waals surface area contributed by atoms with Crippen LogP contribution in [0.4, 0.5) is 5.69 Å². The molecule has 0 bridgehead atoms. The lowest BCUT2D eigenvalue weighted by atomic mass is 10.0. The van der Waals surface area contributed by atoms with E-state index in [2.05, 4.69) is 42.5 Å². The standard InChI is InChI=1S/C18H25Br2N3O2/c1-11(2)18(25)23-8-6-14(7-9-23)21-12(3)17(24)22-16-5-4-13(19)10-15(16)20/h4-5,10-12,14,21H,6-9H2,1-3H3,(H,22,24). The van der Waals surface area contributed by atoms with E-state index in [-0.39, 0.29) is 29.8 Å². The zero-order chi connectivity index (χ0) is 18.6. The summed E-state index contributed by atoms with van der Waals surface area (Å²) in [6.07, 6.45) is 1.75. The number of piperidine rings is 1. The predicted octanol–water partition coefficient (Wildman–Crippen LogP) is 3.78. The van der Waals surface area contributed by atoms with Crippen molar-refractivity contribution in [2.45, 2.75) is 45.7 Å². The summed E-state index contributed by atoms with van der Waals surface area (Å²) in [6.45, 7) is 7.23. The van der Waals surface area contributed by atoms with Gasteiger partial charge in [0, 0.05) is 34.0 Å². The Labute approximate surface area is 166 Å². The van der Waals surface area contributed by atoms with Crippen LogP contribution in [0.5, 0.6) is 0 Å². The number of likely N-dealkylation sites (tertiary alicyclic amines) is 1. The number of nitrogens with one attached hydrogen (secondary N) is 2. The van der Waals surface area contributed by atoms with Crippen LogP contribution in [0, 0.1) is 5.92 Å². The monoisotopic (exact) mass is 473 g/mol. The highest BCUT2D eigenvalue weighted by Crippen LogP contribution is 2.26. The van der Waals surface area contributed by atoms with Gasteiger partial charge in [0.2, 0.25) is 11.8 Å². The van der Waals surface area contributed by atoms with Crippen molar-refractivity contribution in [1.29, 1.82) is 0 Å². The number of carbonyl (C=O) groups is 2. The molecule has 0 radical (unpaired) electrons. The van der Waals surface area contributed by atoms with E-state index in [0.717, 1.165) is 40.6 Å². The zero-order valence-electron chi connectivity index (χ0n) is 14.8. The minimum Gasteiger partial charge on any atom is -0.342 e. The van der Waals surface area contributed by atoms with Crippen LogP contribution >= 0.6 is 31.9 Å². The molecule has 2 amide bonds. The molecule has 1 aliphatic rings. The van der Waals surface area contributed by atoms with E-state index >= 15 is 0 Å². The molecule has 1 saturated heterocycles. The van der Waals surface area contributed by atoms with Gasteiger partial charge in [0.1, 0.15) is 0 Å². The van der Waals surface area contributed by atoms with Crippen LogP contribution in [0.15, 0.2) is 27.1 Å². The fourth-order valence-electron chi connectivity index (χ4n) is 2.89. The normalized spacial score (nSPS) is 16.8. The first-order valence-electron chi connectivity index (χ1n) is 8.58. The summed E-state index contributed by atoms with van der Waals surface area (Å²) >= 11 is 6.85. The Morgan fingerprint density at radius 2 is 1.80 bits per heavy atom. The van der Waals surface area contributed by atoms with Crippen molar-refractivity contribution in [3.8, 4) is 0 Å². The lowest BCUT2D eigenvalue weighted by molar-refractivity contribution is -0.135. The van der Waals surface area contributed by atoms with E-state index in [9.17, 15) is 9.59 Å². The van der Waals surface area contributed by atoms with E-state index in [1.807, 2.05) is 43.9 Å². The number of benzene rings is 1. The number of hydrogen-bond donors (Lipinski definition) is 2. The predicted molar refractivity (Wildman–Crippen MR) is 108 cm³/mol. The molecule has 1 fully saturated rings. The average Bonchev–Trinajstić information content (AvgIpc) is 2.57. The molecule has 1 heterocycles. The first kappa shape index (κ1) is 20.4. The molecule has 0 spiro atoms. The first-order chi connectivity index (χ1) is 11.8. The third-order valence-electron chi connectivity index (χ3n) is 4.37. The summed E-state index contributed by atoms with van der Waals surface area (Å²) in [6, 6.07) is 5.60. The Hall–Kier alpha value is -0.920. The van der Waals surface area contributed by atoms with E-state index < -0.39 is 0 Å². The van der Waals surface area contributed by atoms with Gasteiger partial charge in [-0.15, -0.1) is 0 Å². The van der Waals surface area contributed by atoms with Gasteiger partial charge in [-0.05, 0) is 53.9 Å². The molecule has 1 aromatic carbocycles. The Balaban J connectivity index is 1.83. The zero-order valence-corrected chi connectivity index (χ0v) is 18.0. The average molecular weight is 475 g/mol. The molecule has 1 aliphatic heterocycles. The van der Waals surface area contributed by atoms with Gasteiger partial charge < -0.3 is 15.5 Å². The second-order valence-electron chi connectivity index (χ2n) is 6.76. The van der Waals surface area contributed by atoms with Gasteiger partial charge in [-0.3, -0.25) is 9.59 Å². The summed E-state index contributed by atoms with van der Waals surface area (Å²) in [5.41, 5.74) is 0.749. The maximum atomic E-state index is 12.4. The number of rotatable bonds is 5. The lowest BCUT2D eigenvalue weighted by Crippen LogP contribution is -2.50. The minimum absolute atomic E-state index is 0.0403. The Bertz CT molecular complexity index is 629. The summed E-state index contributed by atoms with van der Waals surface area (Å²) in [4.78, 5) is 26.4. The second kappa shape index (κ2) is 9.14. The van der Waals surface area contributed by atoms with Crippen molar-refractivity contribution in [2.75, 3.05) is 18.4 Å². The number of nitrogens with zero attached hydrogens (tertiary/aromatic N) is 1. The lowest BCUT2D eigenvalue weighted by Gasteiger charge is -2.34. The molecule has 5 nitrogen and oxygen atoms in total. The van der Waals surface area contributed by atoms with Gasteiger partial charge in [0.05, 0.1) is 11.7 Å². The van der Waals surface area contributed by atoms with Gasteiger partial charge in [0.15, 0.2) is 0 Å². The molecular formula is C18H25Br2N3O2. The highest BCUT2D eigenvalue weighted by Gasteiger charge is 2.26. The molecule has 138 valence electrons.